The van der Waals surface area contributed by atoms with Crippen LogP contribution in [0, 0.1) is 5.92 Å². The Hall–Kier alpha value is -1.39. The van der Waals surface area contributed by atoms with Gasteiger partial charge in [0.1, 0.15) is 5.82 Å². The van der Waals surface area contributed by atoms with Crippen LogP contribution < -0.4 is 5.32 Å². The zero-order valence-electron chi connectivity index (χ0n) is 9.79. The molecule has 88 valence electrons. The molecule has 5 nitrogen and oxygen atoms in total. The van der Waals surface area contributed by atoms with Crippen LogP contribution in [0.1, 0.15) is 49.6 Å². The molecule has 2 N–H and O–H groups in total. The summed E-state index contributed by atoms with van der Waals surface area (Å²) in [6.07, 6.45) is 4.22. The second-order valence-corrected chi connectivity index (χ2v) is 4.45. The number of aromatic nitrogens is 3. The molecule has 1 aromatic rings. The van der Waals surface area contributed by atoms with E-state index in [0.717, 1.165) is 18.7 Å². The van der Waals surface area contributed by atoms with E-state index >= 15 is 0 Å². The summed E-state index contributed by atoms with van der Waals surface area (Å²) in [5.74, 6) is 1.42. The van der Waals surface area contributed by atoms with Crippen molar-refractivity contribution < 1.29 is 4.79 Å². The average molecular weight is 222 g/mol. The first-order valence-electron chi connectivity index (χ1n) is 5.93. The van der Waals surface area contributed by atoms with Crippen LogP contribution in [0.25, 0.3) is 0 Å². The third-order valence-corrected chi connectivity index (χ3v) is 3.25. The predicted octanol–water partition coefficient (Wildman–Crippen LogP) is 1.29. The van der Waals surface area contributed by atoms with Gasteiger partial charge in [0, 0.05) is 12.5 Å². The first-order valence-corrected chi connectivity index (χ1v) is 5.93. The molecule has 1 amide bonds. The second kappa shape index (κ2) is 4.63. The molecule has 1 heterocycles. The van der Waals surface area contributed by atoms with E-state index in [9.17, 15) is 4.79 Å². The SMILES string of the molecule is CCc1nc(C(=O)NC2CCCC2C)n[nH]1. The molecule has 2 atom stereocenters. The van der Waals surface area contributed by atoms with Gasteiger partial charge in [-0.15, -0.1) is 5.10 Å². The fraction of sp³-hybridized carbons (Fsp3) is 0.727. The molecule has 1 aliphatic rings. The van der Waals surface area contributed by atoms with E-state index in [1.165, 1.54) is 12.8 Å². The maximum atomic E-state index is 11.8. The van der Waals surface area contributed by atoms with Crippen molar-refractivity contribution in [2.75, 3.05) is 0 Å². The van der Waals surface area contributed by atoms with Gasteiger partial charge in [0.05, 0.1) is 0 Å². The van der Waals surface area contributed by atoms with E-state index in [4.69, 9.17) is 0 Å². The summed E-state index contributed by atoms with van der Waals surface area (Å²) in [6.45, 7) is 4.15. The first kappa shape index (κ1) is 11.1. The van der Waals surface area contributed by atoms with Crippen molar-refractivity contribution in [2.24, 2.45) is 5.92 Å². The van der Waals surface area contributed by atoms with Gasteiger partial charge < -0.3 is 5.32 Å². The number of carbonyl (C=O) groups excluding carboxylic acids is 1. The van der Waals surface area contributed by atoms with Crippen molar-refractivity contribution in [2.45, 2.75) is 45.6 Å². The fourth-order valence-corrected chi connectivity index (χ4v) is 2.15. The summed E-state index contributed by atoms with van der Waals surface area (Å²) in [7, 11) is 0. The Labute approximate surface area is 95.0 Å². The van der Waals surface area contributed by atoms with Crippen LogP contribution in [-0.4, -0.2) is 27.1 Å². The van der Waals surface area contributed by atoms with Crippen LogP contribution in [0.3, 0.4) is 0 Å². The summed E-state index contributed by atoms with van der Waals surface area (Å²) in [5, 5.41) is 9.65. The summed E-state index contributed by atoms with van der Waals surface area (Å²) in [5.41, 5.74) is 0. The predicted molar refractivity (Wildman–Crippen MR) is 60.0 cm³/mol. The molecule has 5 heteroatoms. The molecule has 0 radical (unpaired) electrons. The molecule has 1 aliphatic carbocycles. The van der Waals surface area contributed by atoms with Gasteiger partial charge in [0.25, 0.3) is 5.91 Å². The minimum atomic E-state index is -0.158. The smallest absolute Gasteiger partial charge is 0.291 e. The zero-order valence-corrected chi connectivity index (χ0v) is 9.79. The third kappa shape index (κ3) is 2.23. The number of aryl methyl sites for hydroxylation is 1. The highest BCUT2D eigenvalue weighted by Gasteiger charge is 2.26. The molecule has 1 aromatic heterocycles. The minimum absolute atomic E-state index is 0.158. The number of rotatable bonds is 3. The van der Waals surface area contributed by atoms with Crippen molar-refractivity contribution in [1.82, 2.24) is 20.5 Å². The van der Waals surface area contributed by atoms with Crippen molar-refractivity contribution in [3.8, 4) is 0 Å². The summed E-state index contributed by atoms with van der Waals surface area (Å²) in [6, 6.07) is 0.288. The van der Waals surface area contributed by atoms with Crippen LogP contribution in [0.2, 0.25) is 0 Å². The van der Waals surface area contributed by atoms with E-state index in [2.05, 4.69) is 27.4 Å². The Morgan fingerprint density at radius 1 is 1.56 bits per heavy atom. The average Bonchev–Trinajstić information content (AvgIpc) is 2.88. The quantitative estimate of drug-likeness (QED) is 0.809. The van der Waals surface area contributed by atoms with Crippen LogP contribution in [0.4, 0.5) is 0 Å². The largest absolute Gasteiger partial charge is 0.346 e. The summed E-state index contributed by atoms with van der Waals surface area (Å²) < 4.78 is 0. The lowest BCUT2D eigenvalue weighted by Gasteiger charge is -2.15. The second-order valence-electron chi connectivity index (χ2n) is 4.45. The molecule has 0 aromatic carbocycles. The lowest BCUT2D eigenvalue weighted by atomic mass is 10.1. The number of carbonyl (C=O) groups is 1. The van der Waals surface area contributed by atoms with Gasteiger partial charge in [0.15, 0.2) is 0 Å². The molecule has 2 rings (SSSR count). The maximum absolute atomic E-state index is 11.8. The number of H-pyrrole nitrogens is 1. The first-order chi connectivity index (χ1) is 7.70. The lowest BCUT2D eigenvalue weighted by molar-refractivity contribution is 0.0919. The normalized spacial score (nSPS) is 24.6. The number of hydrogen-bond acceptors (Lipinski definition) is 3. The van der Waals surface area contributed by atoms with Gasteiger partial charge in [-0.2, -0.15) is 0 Å². The molecule has 1 fully saturated rings. The molecular formula is C11H18N4O. The minimum Gasteiger partial charge on any atom is -0.346 e. The van der Waals surface area contributed by atoms with Crippen molar-refractivity contribution in [1.29, 1.82) is 0 Å². The summed E-state index contributed by atoms with van der Waals surface area (Å²) in [4.78, 5) is 15.9. The Morgan fingerprint density at radius 2 is 2.38 bits per heavy atom. The van der Waals surface area contributed by atoms with E-state index in [1.54, 1.807) is 0 Å². The molecule has 1 saturated carbocycles. The highest BCUT2D eigenvalue weighted by Crippen LogP contribution is 2.24. The van der Waals surface area contributed by atoms with Crippen LogP contribution >= 0.6 is 0 Å². The van der Waals surface area contributed by atoms with Gasteiger partial charge in [0.2, 0.25) is 5.82 Å². The van der Waals surface area contributed by atoms with Gasteiger partial charge in [-0.05, 0) is 18.8 Å². The van der Waals surface area contributed by atoms with E-state index in [-0.39, 0.29) is 17.8 Å². The molecule has 2 unspecified atom stereocenters. The van der Waals surface area contributed by atoms with Gasteiger partial charge in [-0.25, -0.2) is 4.98 Å². The standard InChI is InChI=1S/C11H18N4O/c1-3-9-13-10(15-14-9)11(16)12-8-6-4-5-7(8)2/h7-8H,3-6H2,1-2H3,(H,12,16)(H,13,14,15). The van der Waals surface area contributed by atoms with Crippen LogP contribution in [0.5, 0.6) is 0 Å². The van der Waals surface area contributed by atoms with Gasteiger partial charge >= 0.3 is 0 Å². The number of nitrogens with one attached hydrogen (secondary N) is 2. The Morgan fingerprint density at radius 3 is 2.94 bits per heavy atom. The molecule has 0 bridgehead atoms. The number of amides is 1. The third-order valence-electron chi connectivity index (χ3n) is 3.25. The molecule has 0 saturated heterocycles. The van der Waals surface area contributed by atoms with Gasteiger partial charge in [-0.3, -0.25) is 9.89 Å². The van der Waals surface area contributed by atoms with Crippen molar-refractivity contribution in [3.63, 3.8) is 0 Å². The molecule has 0 aliphatic heterocycles. The molecule has 0 spiro atoms. The zero-order chi connectivity index (χ0) is 11.5. The van der Waals surface area contributed by atoms with Gasteiger partial charge in [-0.1, -0.05) is 20.3 Å². The van der Waals surface area contributed by atoms with Crippen molar-refractivity contribution in [3.05, 3.63) is 11.6 Å². The Bertz CT molecular complexity index is 374. The number of hydrogen-bond donors (Lipinski definition) is 2. The number of nitrogens with zero attached hydrogens (tertiary/aromatic N) is 2. The monoisotopic (exact) mass is 222 g/mol. The van der Waals surface area contributed by atoms with Crippen LogP contribution in [-0.2, 0) is 6.42 Å². The molecular weight excluding hydrogens is 204 g/mol. The Balaban J connectivity index is 1.97. The highest BCUT2D eigenvalue weighted by atomic mass is 16.2. The Kier molecular flexibility index (Phi) is 3.22. The maximum Gasteiger partial charge on any atom is 0.291 e. The topological polar surface area (TPSA) is 70.7 Å². The fourth-order valence-electron chi connectivity index (χ4n) is 2.15. The van der Waals surface area contributed by atoms with Crippen molar-refractivity contribution >= 4 is 5.91 Å². The summed E-state index contributed by atoms with van der Waals surface area (Å²) >= 11 is 0. The van der Waals surface area contributed by atoms with E-state index < -0.39 is 0 Å². The van der Waals surface area contributed by atoms with Crippen LogP contribution in [0.15, 0.2) is 0 Å². The van der Waals surface area contributed by atoms with E-state index in [0.29, 0.717) is 5.92 Å². The van der Waals surface area contributed by atoms with E-state index in [1.807, 2.05) is 6.92 Å². The highest BCUT2D eigenvalue weighted by molar-refractivity contribution is 5.90. The number of aromatic amines is 1. The molecule has 16 heavy (non-hydrogen) atoms. The lowest BCUT2D eigenvalue weighted by Crippen LogP contribution is -2.37.